The van der Waals surface area contributed by atoms with Gasteiger partial charge in [-0.3, -0.25) is 4.90 Å². The fourth-order valence-corrected chi connectivity index (χ4v) is 1.42. The maximum absolute atomic E-state index is 9.69. The first-order chi connectivity index (χ1) is 6.90. The molecule has 0 fully saturated rings. The van der Waals surface area contributed by atoms with E-state index in [4.69, 9.17) is 4.42 Å². The van der Waals surface area contributed by atoms with E-state index in [1.807, 2.05) is 6.92 Å². The van der Waals surface area contributed by atoms with Crippen molar-refractivity contribution in [3.63, 3.8) is 0 Å². The molecular weight excluding hydrogens is 194 g/mol. The number of hydrogen-bond acceptors (Lipinski definition) is 5. The molecule has 5 heteroatoms. The van der Waals surface area contributed by atoms with E-state index in [-0.39, 0.29) is 0 Å². The van der Waals surface area contributed by atoms with Crippen LogP contribution < -0.4 is 0 Å². The summed E-state index contributed by atoms with van der Waals surface area (Å²) < 4.78 is 5.28. The van der Waals surface area contributed by atoms with Crippen molar-refractivity contribution >= 4 is 0 Å². The van der Waals surface area contributed by atoms with E-state index in [9.17, 15) is 5.11 Å². The van der Waals surface area contributed by atoms with Gasteiger partial charge in [0.1, 0.15) is 0 Å². The van der Waals surface area contributed by atoms with Crippen LogP contribution in [0.15, 0.2) is 4.42 Å². The highest BCUT2D eigenvalue weighted by Gasteiger charge is 2.18. The number of likely N-dealkylation sites (N-methyl/N-ethyl adjacent to an activating group) is 1. The van der Waals surface area contributed by atoms with E-state index in [1.165, 1.54) is 0 Å². The van der Waals surface area contributed by atoms with Crippen LogP contribution in [0.4, 0.5) is 0 Å². The number of hydrogen-bond donors (Lipinski definition) is 1. The van der Waals surface area contributed by atoms with Gasteiger partial charge in [-0.15, -0.1) is 10.2 Å². The van der Waals surface area contributed by atoms with Crippen LogP contribution in [0.2, 0.25) is 0 Å². The quantitative estimate of drug-likeness (QED) is 0.789. The number of aromatic nitrogens is 2. The first-order valence-corrected chi connectivity index (χ1v) is 5.14. The third-order valence-electron chi connectivity index (χ3n) is 1.98. The van der Waals surface area contributed by atoms with Crippen molar-refractivity contribution in [2.24, 2.45) is 0 Å². The van der Waals surface area contributed by atoms with E-state index >= 15 is 0 Å². The molecule has 0 bridgehead atoms. The molecule has 0 amide bonds. The van der Waals surface area contributed by atoms with Crippen LogP contribution in [0.1, 0.15) is 32.6 Å². The predicted molar refractivity (Wildman–Crippen MR) is 56.3 cm³/mol. The molecule has 86 valence electrons. The lowest BCUT2D eigenvalue weighted by Crippen LogP contribution is -2.38. The van der Waals surface area contributed by atoms with E-state index in [1.54, 1.807) is 20.8 Å². The van der Waals surface area contributed by atoms with Crippen LogP contribution in [0.3, 0.4) is 0 Å². The molecule has 1 aromatic rings. The van der Waals surface area contributed by atoms with Gasteiger partial charge >= 0.3 is 0 Å². The highest BCUT2D eigenvalue weighted by Crippen LogP contribution is 2.08. The van der Waals surface area contributed by atoms with Crippen molar-refractivity contribution in [2.45, 2.75) is 39.8 Å². The molecule has 0 radical (unpaired) electrons. The topological polar surface area (TPSA) is 62.4 Å². The van der Waals surface area contributed by atoms with Crippen molar-refractivity contribution in [1.82, 2.24) is 15.1 Å². The van der Waals surface area contributed by atoms with Crippen molar-refractivity contribution in [2.75, 3.05) is 13.1 Å². The van der Waals surface area contributed by atoms with Gasteiger partial charge in [-0.2, -0.15) is 0 Å². The van der Waals surface area contributed by atoms with Crippen LogP contribution in [-0.2, 0) is 6.54 Å². The van der Waals surface area contributed by atoms with Crippen molar-refractivity contribution in [3.8, 4) is 0 Å². The van der Waals surface area contributed by atoms with Gasteiger partial charge in [-0.05, 0) is 20.4 Å². The summed E-state index contributed by atoms with van der Waals surface area (Å²) in [6, 6.07) is 0. The normalized spacial score (nSPS) is 12.4. The molecule has 0 spiro atoms. The molecule has 1 aromatic heterocycles. The number of nitrogens with zero attached hydrogens (tertiary/aromatic N) is 3. The Hall–Kier alpha value is -0.940. The summed E-state index contributed by atoms with van der Waals surface area (Å²) in [5.74, 6) is 1.17. The second kappa shape index (κ2) is 4.72. The van der Waals surface area contributed by atoms with Gasteiger partial charge in [-0.1, -0.05) is 6.92 Å². The Bertz CT molecular complexity index is 304. The summed E-state index contributed by atoms with van der Waals surface area (Å²) in [4.78, 5) is 2.06. The molecule has 0 aliphatic carbocycles. The Morgan fingerprint density at radius 3 is 2.47 bits per heavy atom. The average molecular weight is 213 g/mol. The molecule has 1 N–H and O–H groups in total. The summed E-state index contributed by atoms with van der Waals surface area (Å²) in [7, 11) is 0. The standard InChI is InChI=1S/C10H19N3O2/c1-5-13(7-10(3,4)14)6-9-12-11-8(2)15-9/h14H,5-7H2,1-4H3. The molecule has 0 unspecified atom stereocenters. The fraction of sp³-hybridized carbons (Fsp3) is 0.800. The van der Waals surface area contributed by atoms with Gasteiger partial charge < -0.3 is 9.52 Å². The SMILES string of the molecule is CCN(Cc1nnc(C)o1)CC(C)(C)O. The zero-order valence-corrected chi connectivity index (χ0v) is 9.82. The van der Waals surface area contributed by atoms with Crippen molar-refractivity contribution < 1.29 is 9.52 Å². The summed E-state index contributed by atoms with van der Waals surface area (Å²) in [5, 5.41) is 17.4. The van der Waals surface area contributed by atoms with Crippen LogP contribution in [0.5, 0.6) is 0 Å². The number of aryl methyl sites for hydroxylation is 1. The number of aliphatic hydroxyl groups is 1. The second-order valence-electron chi connectivity index (χ2n) is 4.33. The third kappa shape index (κ3) is 4.40. The molecular formula is C10H19N3O2. The van der Waals surface area contributed by atoms with Crippen LogP contribution in [-0.4, -0.2) is 38.9 Å². The Labute approximate surface area is 90.1 Å². The van der Waals surface area contributed by atoms with E-state index in [2.05, 4.69) is 15.1 Å². The van der Waals surface area contributed by atoms with Gasteiger partial charge in [0.15, 0.2) is 0 Å². The van der Waals surface area contributed by atoms with Crippen molar-refractivity contribution in [1.29, 1.82) is 0 Å². The monoisotopic (exact) mass is 213 g/mol. The maximum Gasteiger partial charge on any atom is 0.230 e. The highest BCUT2D eigenvalue weighted by atomic mass is 16.4. The minimum atomic E-state index is -0.703. The summed E-state index contributed by atoms with van der Waals surface area (Å²) in [6.45, 7) is 9.39. The lowest BCUT2D eigenvalue weighted by atomic mass is 10.1. The Balaban J connectivity index is 2.54. The summed E-state index contributed by atoms with van der Waals surface area (Å²) in [5.41, 5.74) is -0.703. The molecule has 0 atom stereocenters. The van der Waals surface area contributed by atoms with Crippen LogP contribution in [0, 0.1) is 6.92 Å². The molecule has 0 aliphatic heterocycles. The Morgan fingerprint density at radius 2 is 2.07 bits per heavy atom. The average Bonchev–Trinajstić information content (AvgIpc) is 2.47. The molecule has 5 nitrogen and oxygen atoms in total. The largest absolute Gasteiger partial charge is 0.424 e. The summed E-state index contributed by atoms with van der Waals surface area (Å²) in [6.07, 6.45) is 0. The smallest absolute Gasteiger partial charge is 0.230 e. The minimum Gasteiger partial charge on any atom is -0.424 e. The van der Waals surface area contributed by atoms with Gasteiger partial charge in [0.25, 0.3) is 0 Å². The molecule has 0 aromatic carbocycles. The van der Waals surface area contributed by atoms with E-state index in [0.717, 1.165) is 6.54 Å². The molecule has 1 heterocycles. The maximum atomic E-state index is 9.69. The van der Waals surface area contributed by atoms with E-state index < -0.39 is 5.60 Å². The predicted octanol–water partition coefficient (Wildman–Crippen LogP) is 0.971. The minimum absolute atomic E-state index is 0.573. The van der Waals surface area contributed by atoms with Crippen molar-refractivity contribution in [3.05, 3.63) is 11.8 Å². The first-order valence-electron chi connectivity index (χ1n) is 5.14. The molecule has 1 rings (SSSR count). The molecule has 0 saturated heterocycles. The lowest BCUT2D eigenvalue weighted by molar-refractivity contribution is 0.0327. The Kier molecular flexibility index (Phi) is 3.82. The zero-order valence-electron chi connectivity index (χ0n) is 9.82. The second-order valence-corrected chi connectivity index (χ2v) is 4.33. The lowest BCUT2D eigenvalue weighted by Gasteiger charge is -2.26. The molecule has 0 aliphatic rings. The first kappa shape index (κ1) is 12.1. The van der Waals surface area contributed by atoms with Crippen LogP contribution >= 0.6 is 0 Å². The zero-order chi connectivity index (χ0) is 11.5. The van der Waals surface area contributed by atoms with Crippen LogP contribution in [0.25, 0.3) is 0 Å². The summed E-state index contributed by atoms with van der Waals surface area (Å²) >= 11 is 0. The fourth-order valence-electron chi connectivity index (χ4n) is 1.42. The van der Waals surface area contributed by atoms with Gasteiger partial charge in [0.2, 0.25) is 11.8 Å². The molecule has 15 heavy (non-hydrogen) atoms. The van der Waals surface area contributed by atoms with Gasteiger partial charge in [-0.25, -0.2) is 0 Å². The van der Waals surface area contributed by atoms with E-state index in [0.29, 0.717) is 24.9 Å². The highest BCUT2D eigenvalue weighted by molar-refractivity contribution is 4.81. The molecule has 0 saturated carbocycles. The number of rotatable bonds is 5. The Morgan fingerprint density at radius 1 is 1.40 bits per heavy atom. The van der Waals surface area contributed by atoms with Gasteiger partial charge in [0.05, 0.1) is 12.1 Å². The van der Waals surface area contributed by atoms with Gasteiger partial charge in [0, 0.05) is 13.5 Å². The third-order valence-corrected chi connectivity index (χ3v) is 1.98.